The predicted octanol–water partition coefficient (Wildman–Crippen LogP) is -0.346. The first-order chi connectivity index (χ1) is 21.2. The fourth-order valence-electron chi connectivity index (χ4n) is 6.93. The van der Waals surface area contributed by atoms with Crippen LogP contribution in [-0.2, 0) is 30.4 Å². The van der Waals surface area contributed by atoms with Crippen molar-refractivity contribution in [2.24, 2.45) is 40.1 Å². The molecule has 7 N–H and O–H groups in total. The molecule has 45 heavy (non-hydrogen) atoms. The zero-order chi connectivity index (χ0) is 33.0. The number of guanidine groups is 1. The molecule has 0 spiro atoms. The average Bonchev–Trinajstić information content (AvgIpc) is 3.46. The molecule has 14 nitrogen and oxygen atoms in total. The van der Waals surface area contributed by atoms with Crippen molar-refractivity contribution in [1.82, 2.24) is 4.90 Å². The summed E-state index contributed by atoms with van der Waals surface area (Å²) in [6.45, 7) is -0.307. The van der Waals surface area contributed by atoms with E-state index in [4.69, 9.17) is 11.5 Å². The van der Waals surface area contributed by atoms with Crippen molar-refractivity contribution in [1.29, 1.82) is 0 Å². The second kappa shape index (κ2) is 11.8. The third-order valence-corrected chi connectivity index (χ3v) is 9.62. The minimum absolute atomic E-state index is 0.00812. The highest BCUT2D eigenvalue weighted by atomic mass is 32.1. The Hall–Kier alpha value is -4.47. The monoisotopic (exact) mass is 637 g/mol. The van der Waals surface area contributed by atoms with Gasteiger partial charge in [-0.2, -0.15) is 0 Å². The maximum atomic E-state index is 14.1. The van der Waals surface area contributed by atoms with Gasteiger partial charge in [0, 0.05) is 37.0 Å². The van der Waals surface area contributed by atoms with E-state index in [2.05, 4.69) is 15.6 Å². The number of hydrogen-bond donors (Lipinski definition) is 5. The zero-order valence-corrected chi connectivity index (χ0v) is 26.0. The molecule has 0 aliphatic heterocycles. The molecule has 0 bridgehead atoms. The van der Waals surface area contributed by atoms with E-state index in [0.29, 0.717) is 11.3 Å². The molecule has 5 rings (SSSR count). The van der Waals surface area contributed by atoms with Gasteiger partial charge in [-0.15, -0.1) is 11.3 Å². The quantitative estimate of drug-likeness (QED) is 0.150. The normalized spacial score (nSPS) is 27.9. The van der Waals surface area contributed by atoms with Crippen molar-refractivity contribution < 1.29 is 33.9 Å². The summed E-state index contributed by atoms with van der Waals surface area (Å²) in [7, 11) is 6.64. The topological polar surface area (TPSA) is 218 Å². The molecule has 2 saturated carbocycles. The Morgan fingerprint density at radius 1 is 1.09 bits per heavy atom. The van der Waals surface area contributed by atoms with Crippen LogP contribution in [0.15, 0.2) is 34.6 Å². The number of nitrogens with zero attached hydrogens (tertiary/aromatic N) is 3. The van der Waals surface area contributed by atoms with Crippen molar-refractivity contribution in [2.75, 3.05) is 50.3 Å². The number of aliphatic hydroxyl groups is 1. The number of likely N-dealkylation sites (N-methyl/N-ethyl adjacent to an activating group) is 1. The first-order valence-electron chi connectivity index (χ1n) is 14.3. The number of ketones is 4. The summed E-state index contributed by atoms with van der Waals surface area (Å²) in [6.07, 6.45) is 0.247. The summed E-state index contributed by atoms with van der Waals surface area (Å²) in [5, 5.41) is 20.0. The summed E-state index contributed by atoms with van der Waals surface area (Å²) in [4.78, 5) is 87.1. The van der Waals surface area contributed by atoms with Crippen LogP contribution in [-0.4, -0.2) is 97.3 Å². The number of nitrogens with two attached hydrogens (primary N) is 2. The van der Waals surface area contributed by atoms with Gasteiger partial charge in [-0.25, -0.2) is 4.99 Å². The van der Waals surface area contributed by atoms with Crippen molar-refractivity contribution >= 4 is 68.6 Å². The van der Waals surface area contributed by atoms with Crippen LogP contribution in [0.1, 0.15) is 22.3 Å². The fraction of sp³-hybridized carbons (Fsp3) is 0.433. The molecule has 2 fully saturated rings. The van der Waals surface area contributed by atoms with E-state index in [1.807, 2.05) is 11.4 Å². The Labute approximate surface area is 262 Å². The lowest BCUT2D eigenvalue weighted by molar-refractivity contribution is -0.181. The maximum Gasteiger partial charge on any atom is 0.246 e. The molecule has 3 aliphatic rings. The number of thiophene rings is 1. The van der Waals surface area contributed by atoms with Gasteiger partial charge in [0.05, 0.1) is 17.0 Å². The van der Waals surface area contributed by atoms with Crippen molar-refractivity contribution in [2.45, 2.75) is 24.5 Å². The lowest BCUT2D eigenvalue weighted by atomic mass is 9.52. The Morgan fingerprint density at radius 3 is 2.40 bits per heavy atom. The number of rotatable bonds is 7. The highest BCUT2D eigenvalue weighted by Gasteiger charge is 2.69. The molecule has 2 aromatic rings. The largest absolute Gasteiger partial charge is 0.377 e. The number of amides is 2. The predicted molar refractivity (Wildman–Crippen MR) is 167 cm³/mol. The molecule has 238 valence electrons. The van der Waals surface area contributed by atoms with Crippen LogP contribution in [0.3, 0.4) is 0 Å². The van der Waals surface area contributed by atoms with E-state index >= 15 is 0 Å². The number of benzene rings is 1. The minimum atomic E-state index is -2.75. The third kappa shape index (κ3) is 5.40. The van der Waals surface area contributed by atoms with Crippen LogP contribution < -0.4 is 27.0 Å². The fourth-order valence-corrected chi connectivity index (χ4v) is 7.55. The lowest BCUT2D eigenvalue weighted by Crippen LogP contribution is -2.74. The third-order valence-electron chi connectivity index (χ3n) is 8.83. The molecule has 15 heteroatoms. The van der Waals surface area contributed by atoms with Gasteiger partial charge in [-0.3, -0.25) is 33.7 Å². The highest BCUT2D eigenvalue weighted by molar-refractivity contribution is 7.14. The van der Waals surface area contributed by atoms with Gasteiger partial charge in [-0.05, 0) is 68.1 Å². The van der Waals surface area contributed by atoms with Gasteiger partial charge in [0.25, 0.3) is 0 Å². The Morgan fingerprint density at radius 2 is 1.80 bits per heavy atom. The molecular formula is C30H35N7O7S. The summed E-state index contributed by atoms with van der Waals surface area (Å²) >= 11 is 1.42. The Balaban J connectivity index is 1.47. The molecule has 1 aromatic carbocycles. The van der Waals surface area contributed by atoms with Crippen LogP contribution in [0.2, 0.25) is 0 Å². The highest BCUT2D eigenvalue weighted by Crippen LogP contribution is 2.51. The molecule has 0 radical (unpaired) electrons. The second-order valence-corrected chi connectivity index (χ2v) is 13.0. The smallest absolute Gasteiger partial charge is 0.246 e. The van der Waals surface area contributed by atoms with Crippen LogP contribution in [0.25, 0.3) is 0 Å². The minimum Gasteiger partial charge on any atom is -0.377 e. The van der Waals surface area contributed by atoms with Gasteiger partial charge < -0.3 is 32.1 Å². The van der Waals surface area contributed by atoms with Crippen LogP contribution in [0, 0.1) is 23.7 Å². The SMILES string of the molecule is CN(C)c1cc(NC(=O)CN=C(N)Nc2cccs2)cc2c1CC1CC3[C@H](N(C)C)C(=O)C(C(N)=O)C(=O)[C@@]3(O)C(=O)C1C2=O. The number of carbonyl (C=O) groups excluding carboxylic acids is 6. The number of hydrogen-bond acceptors (Lipinski definition) is 11. The van der Waals surface area contributed by atoms with Crippen LogP contribution in [0.4, 0.5) is 16.4 Å². The molecule has 0 saturated heterocycles. The Kier molecular flexibility index (Phi) is 8.37. The Bertz CT molecular complexity index is 1640. The van der Waals surface area contributed by atoms with Crippen LogP contribution in [0.5, 0.6) is 0 Å². The average molecular weight is 638 g/mol. The number of Topliss-reactive ketones (excluding diaryl/α,β-unsaturated/α-hetero) is 4. The van der Waals surface area contributed by atoms with E-state index in [1.54, 1.807) is 45.2 Å². The van der Waals surface area contributed by atoms with E-state index in [-0.39, 0.29) is 36.6 Å². The summed E-state index contributed by atoms with van der Waals surface area (Å²) in [5.41, 5.74) is 10.2. The van der Waals surface area contributed by atoms with E-state index in [9.17, 15) is 33.9 Å². The van der Waals surface area contributed by atoms with E-state index < -0.39 is 70.3 Å². The van der Waals surface area contributed by atoms with Crippen molar-refractivity contribution in [3.05, 3.63) is 40.8 Å². The molecule has 2 amide bonds. The molecule has 4 unspecified atom stereocenters. The van der Waals surface area contributed by atoms with Gasteiger partial charge in [0.15, 0.2) is 40.6 Å². The molecule has 1 aromatic heterocycles. The number of primary amides is 1. The number of aliphatic imine (C=N–C) groups is 1. The number of anilines is 3. The van der Waals surface area contributed by atoms with Gasteiger partial charge in [0.2, 0.25) is 11.8 Å². The summed E-state index contributed by atoms with van der Waals surface area (Å²) < 4.78 is 0. The van der Waals surface area contributed by atoms with Crippen LogP contribution >= 0.6 is 11.3 Å². The second-order valence-electron chi connectivity index (χ2n) is 12.1. The van der Waals surface area contributed by atoms with Crippen molar-refractivity contribution in [3.8, 4) is 0 Å². The summed E-state index contributed by atoms with van der Waals surface area (Å²) in [6, 6.07) is 5.66. The zero-order valence-electron chi connectivity index (χ0n) is 25.2. The van der Waals surface area contributed by atoms with Gasteiger partial charge in [-0.1, -0.05) is 0 Å². The number of carbonyl (C=O) groups is 6. The molecule has 3 aliphatic carbocycles. The first kappa shape index (κ1) is 31.9. The lowest BCUT2D eigenvalue weighted by Gasteiger charge is -2.52. The summed E-state index contributed by atoms with van der Waals surface area (Å²) in [5.74, 6) is -10.6. The molecular weight excluding hydrogens is 602 g/mol. The van der Waals surface area contributed by atoms with E-state index in [0.717, 1.165) is 5.00 Å². The van der Waals surface area contributed by atoms with Crippen molar-refractivity contribution in [3.63, 3.8) is 0 Å². The molecule has 6 atom stereocenters. The molecule has 1 heterocycles. The number of fused-ring (bicyclic) bond motifs is 3. The first-order valence-corrected chi connectivity index (χ1v) is 15.1. The standard InChI is InChI=1S/C30H35N7O7S/c1-36(2)18-11-14(34-19(38)12-33-29(32)35-20-6-5-7-45-20)10-16-15(18)8-13-9-17-23(37(3)4)25(40)22(28(31)43)27(42)30(17,44)26(41)21(13)24(16)39/h5-7,10-11,13,17,21-23,44H,8-9,12H2,1-4H3,(H2,31,43)(H,34,38)(H3,32,33,35)/t13?,17?,21?,22?,23-,30-/m0/s1. The van der Waals surface area contributed by atoms with Gasteiger partial charge in [0.1, 0.15) is 6.54 Å². The van der Waals surface area contributed by atoms with E-state index in [1.165, 1.54) is 22.3 Å². The number of nitrogens with one attached hydrogen (secondary N) is 2. The van der Waals surface area contributed by atoms with Gasteiger partial charge >= 0.3 is 0 Å². The maximum absolute atomic E-state index is 14.1.